The van der Waals surface area contributed by atoms with Crippen LogP contribution >= 0.6 is 18.7 Å². The molecule has 4 rings (SSSR count). The fourth-order valence-electron chi connectivity index (χ4n) is 3.76. The quantitative estimate of drug-likeness (QED) is 0.321. The lowest BCUT2D eigenvalue weighted by Crippen LogP contribution is -2.15. The number of aryl methyl sites for hydroxylation is 1. The van der Waals surface area contributed by atoms with Crippen molar-refractivity contribution >= 4 is 46.8 Å². The highest BCUT2D eigenvalue weighted by molar-refractivity contribution is 7.69. The van der Waals surface area contributed by atoms with Crippen LogP contribution in [0, 0.1) is 18.6 Å². The highest BCUT2D eigenvalue weighted by atomic mass is 35.5. The molecule has 0 saturated carbocycles. The molecule has 0 bridgehead atoms. The molecule has 0 aliphatic heterocycles. The summed E-state index contributed by atoms with van der Waals surface area (Å²) in [6, 6.07) is 7.60. The Morgan fingerprint density at radius 1 is 1.11 bits per heavy atom. The van der Waals surface area contributed by atoms with E-state index < -0.39 is 30.7 Å². The summed E-state index contributed by atoms with van der Waals surface area (Å²) in [6.45, 7) is 6.54. The van der Waals surface area contributed by atoms with E-state index in [0.29, 0.717) is 22.4 Å². The van der Waals surface area contributed by atoms with Crippen molar-refractivity contribution in [3.05, 3.63) is 76.1 Å². The highest BCUT2D eigenvalue weighted by Crippen LogP contribution is 2.37. The number of rotatable bonds is 6. The molecule has 1 unspecified atom stereocenters. The van der Waals surface area contributed by atoms with E-state index in [9.17, 15) is 13.8 Å². The molecule has 4 aromatic rings. The minimum absolute atomic E-state index is 0.00270. The van der Waals surface area contributed by atoms with Crippen LogP contribution in [-0.4, -0.2) is 34.2 Å². The molecule has 186 valence electrons. The van der Waals surface area contributed by atoms with E-state index >= 15 is 4.39 Å². The number of nitrogens with two attached hydrogens (primary N) is 1. The van der Waals surface area contributed by atoms with Crippen LogP contribution in [-0.2, 0) is 4.57 Å². The van der Waals surface area contributed by atoms with Gasteiger partial charge in [0.25, 0.3) is 0 Å². The zero-order valence-corrected chi connectivity index (χ0v) is 21.6. The Hall–Kier alpha value is -3.42. The number of halogens is 3. The monoisotopic (exact) mass is 529 g/mol. The van der Waals surface area contributed by atoms with Crippen molar-refractivity contribution in [2.75, 3.05) is 18.6 Å². The number of aromatic nitrogens is 3. The van der Waals surface area contributed by atoms with Gasteiger partial charge < -0.3 is 15.6 Å². The zero-order chi connectivity index (χ0) is 26.4. The summed E-state index contributed by atoms with van der Waals surface area (Å²) in [6.07, 6.45) is 1.41. The van der Waals surface area contributed by atoms with E-state index in [1.165, 1.54) is 30.5 Å². The summed E-state index contributed by atoms with van der Waals surface area (Å²) in [5.74, 6) is -1.85. The largest absolute Gasteiger partial charge is 0.375 e. The maximum absolute atomic E-state index is 15.1. The average molecular weight is 530 g/mol. The SMILES string of the molecule is Cc1nc2cc(F)c(-c3ccc(P(C)(C)=O)nc3)nc2c(NC(C)c2cc(C(N)=O)ccc2F)c1Cl. The van der Waals surface area contributed by atoms with Crippen LogP contribution in [0.25, 0.3) is 22.3 Å². The van der Waals surface area contributed by atoms with Crippen molar-refractivity contribution in [1.82, 2.24) is 15.0 Å². The van der Waals surface area contributed by atoms with Crippen LogP contribution in [0.1, 0.15) is 34.6 Å². The summed E-state index contributed by atoms with van der Waals surface area (Å²) in [5.41, 5.74) is 7.75. The molecule has 0 aliphatic rings. The van der Waals surface area contributed by atoms with E-state index in [0.717, 1.165) is 0 Å². The van der Waals surface area contributed by atoms with Gasteiger partial charge in [-0.1, -0.05) is 11.6 Å². The third-order valence-corrected chi connectivity index (χ3v) is 7.53. The Labute approximate surface area is 211 Å². The first-order chi connectivity index (χ1) is 16.9. The number of pyridine rings is 3. The van der Waals surface area contributed by atoms with Gasteiger partial charge in [0.15, 0.2) is 5.82 Å². The van der Waals surface area contributed by atoms with Crippen LogP contribution < -0.4 is 16.5 Å². The molecule has 1 aromatic carbocycles. The fraction of sp³-hybridized carbons (Fsp3) is 0.200. The third-order valence-electron chi connectivity index (χ3n) is 5.70. The average Bonchev–Trinajstić information content (AvgIpc) is 2.81. The second kappa shape index (κ2) is 9.56. The predicted molar refractivity (Wildman–Crippen MR) is 139 cm³/mol. The molecule has 1 amide bonds. The Morgan fingerprint density at radius 2 is 1.83 bits per heavy atom. The summed E-state index contributed by atoms with van der Waals surface area (Å²) in [5, 5.41) is 3.38. The number of carbonyl (C=O) groups is 1. The van der Waals surface area contributed by atoms with Crippen molar-refractivity contribution in [2.24, 2.45) is 5.73 Å². The predicted octanol–water partition coefficient (Wildman–Crippen LogP) is 5.45. The summed E-state index contributed by atoms with van der Waals surface area (Å²) < 4.78 is 42.0. The number of anilines is 1. The lowest BCUT2D eigenvalue weighted by molar-refractivity contribution is 0.1000. The van der Waals surface area contributed by atoms with Gasteiger partial charge in [-0.05, 0) is 57.5 Å². The zero-order valence-electron chi connectivity index (χ0n) is 19.9. The van der Waals surface area contributed by atoms with Gasteiger partial charge in [0, 0.05) is 29.0 Å². The van der Waals surface area contributed by atoms with Gasteiger partial charge in [0.1, 0.15) is 24.2 Å². The number of amides is 1. The smallest absolute Gasteiger partial charge is 0.248 e. The van der Waals surface area contributed by atoms with Crippen molar-refractivity contribution in [3.63, 3.8) is 0 Å². The molecule has 11 heteroatoms. The Bertz CT molecular complexity index is 1560. The number of nitrogens with zero attached hydrogens (tertiary/aromatic N) is 3. The summed E-state index contributed by atoms with van der Waals surface area (Å²) >= 11 is 6.56. The lowest BCUT2D eigenvalue weighted by Gasteiger charge is -2.20. The molecular formula is C25H23ClF2N5O2P. The van der Waals surface area contributed by atoms with E-state index in [4.69, 9.17) is 17.3 Å². The van der Waals surface area contributed by atoms with Gasteiger partial charge in [0.2, 0.25) is 5.91 Å². The van der Waals surface area contributed by atoms with Gasteiger partial charge in [-0.25, -0.2) is 18.7 Å². The molecule has 1 atom stereocenters. The number of hydrogen-bond donors (Lipinski definition) is 2. The van der Waals surface area contributed by atoms with Crippen LogP contribution in [0.2, 0.25) is 5.02 Å². The third kappa shape index (κ3) is 4.94. The van der Waals surface area contributed by atoms with E-state index in [2.05, 4.69) is 20.3 Å². The van der Waals surface area contributed by atoms with Crippen LogP contribution in [0.4, 0.5) is 14.5 Å². The van der Waals surface area contributed by atoms with Gasteiger partial charge in [0.05, 0.1) is 33.4 Å². The summed E-state index contributed by atoms with van der Waals surface area (Å²) in [4.78, 5) is 24.6. The number of benzene rings is 1. The van der Waals surface area contributed by atoms with E-state index in [-0.39, 0.29) is 32.9 Å². The van der Waals surface area contributed by atoms with Crippen LogP contribution in [0.5, 0.6) is 0 Å². The second-order valence-electron chi connectivity index (χ2n) is 8.80. The number of fused-ring (bicyclic) bond motifs is 1. The molecular weight excluding hydrogens is 507 g/mol. The minimum Gasteiger partial charge on any atom is -0.375 e. The molecule has 0 radical (unpaired) electrons. The fourth-order valence-corrected chi connectivity index (χ4v) is 4.72. The molecule has 0 fully saturated rings. The lowest BCUT2D eigenvalue weighted by atomic mass is 10.0. The van der Waals surface area contributed by atoms with E-state index in [1.54, 1.807) is 39.3 Å². The highest BCUT2D eigenvalue weighted by Gasteiger charge is 2.21. The Morgan fingerprint density at radius 3 is 2.44 bits per heavy atom. The van der Waals surface area contributed by atoms with Crippen LogP contribution in [0.3, 0.4) is 0 Å². The van der Waals surface area contributed by atoms with Crippen LogP contribution in [0.15, 0.2) is 42.6 Å². The van der Waals surface area contributed by atoms with Gasteiger partial charge in [-0.15, -0.1) is 0 Å². The standard InChI is InChI=1S/C25H23ClF2N5O2P/c1-12(16-9-14(25(29)34)5-7-17(16)27)32-24-21(26)13(2)31-19-10-18(28)22(33-23(19)24)15-6-8-20(30-11-15)36(3,4)35/h5-12H,1-4H3,(H2,29,34)(H,31,32). The van der Waals surface area contributed by atoms with Gasteiger partial charge in [-0.2, -0.15) is 0 Å². The molecule has 0 spiro atoms. The first-order valence-electron chi connectivity index (χ1n) is 10.9. The van der Waals surface area contributed by atoms with Crippen molar-refractivity contribution in [2.45, 2.75) is 19.9 Å². The maximum atomic E-state index is 15.1. The maximum Gasteiger partial charge on any atom is 0.248 e. The Kier molecular flexibility index (Phi) is 6.82. The minimum atomic E-state index is -2.58. The van der Waals surface area contributed by atoms with Gasteiger partial charge >= 0.3 is 0 Å². The normalized spacial score (nSPS) is 12.5. The molecule has 3 N–H and O–H groups in total. The number of hydrogen-bond acceptors (Lipinski definition) is 6. The van der Waals surface area contributed by atoms with Crippen molar-refractivity contribution in [3.8, 4) is 11.3 Å². The molecule has 3 heterocycles. The number of carbonyl (C=O) groups excluding carboxylic acids is 1. The first kappa shape index (κ1) is 25.7. The molecule has 36 heavy (non-hydrogen) atoms. The molecule has 3 aromatic heterocycles. The molecule has 7 nitrogen and oxygen atoms in total. The Balaban J connectivity index is 1.83. The molecule has 0 aliphatic carbocycles. The van der Waals surface area contributed by atoms with Crippen molar-refractivity contribution in [1.29, 1.82) is 0 Å². The topological polar surface area (TPSA) is 111 Å². The van der Waals surface area contributed by atoms with Gasteiger partial charge in [-0.3, -0.25) is 9.78 Å². The number of primary amides is 1. The van der Waals surface area contributed by atoms with Crippen molar-refractivity contribution < 1.29 is 18.1 Å². The molecule has 0 saturated heterocycles. The number of nitrogens with one attached hydrogen (secondary N) is 1. The van der Waals surface area contributed by atoms with E-state index in [1.807, 2.05) is 0 Å². The second-order valence-corrected chi connectivity index (χ2v) is 12.3. The summed E-state index contributed by atoms with van der Waals surface area (Å²) in [7, 11) is -2.58. The first-order valence-corrected chi connectivity index (χ1v) is 13.9.